The molecule has 1 aliphatic rings. The number of hydrogen-bond donors (Lipinski definition) is 2. The number of ether oxygens (including phenoxy) is 1. The third-order valence-electron chi connectivity index (χ3n) is 3.25. The number of methoxy groups -OCH3 is 1. The average molecular weight is 279 g/mol. The second-order valence-corrected chi connectivity index (χ2v) is 4.56. The number of nitrogens with zero attached hydrogens (tertiary/aromatic N) is 2. The van der Waals surface area contributed by atoms with Crippen LogP contribution in [0.5, 0.6) is 5.88 Å². The van der Waals surface area contributed by atoms with Crippen LogP contribution in [0.15, 0.2) is 18.3 Å². The van der Waals surface area contributed by atoms with Crippen LogP contribution in [0.4, 0.5) is 10.5 Å². The van der Waals surface area contributed by atoms with Crippen LogP contribution in [0, 0.1) is 0 Å². The lowest BCUT2D eigenvalue weighted by atomic mass is 10.0. The third kappa shape index (κ3) is 3.17. The van der Waals surface area contributed by atoms with E-state index in [2.05, 4.69) is 10.3 Å². The molecule has 2 amide bonds. The normalized spacial score (nSPS) is 18.4. The summed E-state index contributed by atoms with van der Waals surface area (Å²) in [7, 11) is 1.51. The Hall–Kier alpha value is -2.31. The van der Waals surface area contributed by atoms with E-state index in [9.17, 15) is 9.59 Å². The van der Waals surface area contributed by atoms with E-state index in [-0.39, 0.29) is 0 Å². The molecule has 1 fully saturated rings. The molecule has 108 valence electrons. The molecule has 7 heteroatoms. The highest BCUT2D eigenvalue weighted by Crippen LogP contribution is 2.19. The number of carboxylic acid groups (broad SMARTS) is 1. The highest BCUT2D eigenvalue weighted by molar-refractivity contribution is 5.92. The Bertz CT molecular complexity index is 489. The number of carboxylic acids is 1. The second-order valence-electron chi connectivity index (χ2n) is 4.56. The number of urea groups is 1. The van der Waals surface area contributed by atoms with Crippen LogP contribution in [-0.2, 0) is 4.79 Å². The number of pyridine rings is 1. The van der Waals surface area contributed by atoms with Crippen LogP contribution in [-0.4, -0.2) is 46.7 Å². The van der Waals surface area contributed by atoms with E-state index >= 15 is 0 Å². The fraction of sp³-hybridized carbons (Fsp3) is 0.462. The number of amides is 2. The van der Waals surface area contributed by atoms with Crippen molar-refractivity contribution < 1.29 is 19.4 Å². The van der Waals surface area contributed by atoms with Gasteiger partial charge in [-0.15, -0.1) is 0 Å². The minimum absolute atomic E-state index is 0.413. The van der Waals surface area contributed by atoms with Crippen molar-refractivity contribution in [3.63, 3.8) is 0 Å². The summed E-state index contributed by atoms with van der Waals surface area (Å²) in [6.45, 7) is 0.451. The molecule has 1 unspecified atom stereocenters. The molecule has 0 radical (unpaired) electrons. The van der Waals surface area contributed by atoms with Gasteiger partial charge in [0, 0.05) is 12.6 Å². The monoisotopic (exact) mass is 279 g/mol. The first-order valence-corrected chi connectivity index (χ1v) is 6.42. The van der Waals surface area contributed by atoms with Crippen LogP contribution in [0.1, 0.15) is 19.3 Å². The Morgan fingerprint density at radius 1 is 1.45 bits per heavy atom. The SMILES string of the molecule is COc1ccc(NC(=O)N2CCCCC2C(=O)O)cn1. The first-order chi connectivity index (χ1) is 9.61. The quantitative estimate of drug-likeness (QED) is 0.876. The summed E-state index contributed by atoms with van der Waals surface area (Å²) in [6.07, 6.45) is 3.60. The van der Waals surface area contributed by atoms with Crippen molar-refractivity contribution in [2.45, 2.75) is 25.3 Å². The lowest BCUT2D eigenvalue weighted by molar-refractivity contribution is -0.143. The van der Waals surface area contributed by atoms with Crippen molar-refractivity contribution in [1.29, 1.82) is 0 Å². The fourth-order valence-corrected chi connectivity index (χ4v) is 2.20. The van der Waals surface area contributed by atoms with E-state index in [1.807, 2.05) is 0 Å². The molecular formula is C13H17N3O4. The molecular weight excluding hydrogens is 262 g/mol. The molecule has 2 N–H and O–H groups in total. The first kappa shape index (κ1) is 14.1. The molecule has 0 aromatic carbocycles. The molecule has 1 aromatic rings. The van der Waals surface area contributed by atoms with Crippen molar-refractivity contribution in [2.75, 3.05) is 19.0 Å². The fourth-order valence-electron chi connectivity index (χ4n) is 2.20. The van der Waals surface area contributed by atoms with Gasteiger partial charge in [-0.1, -0.05) is 0 Å². The molecule has 1 aliphatic heterocycles. The Balaban J connectivity index is 2.03. The number of likely N-dealkylation sites (tertiary alicyclic amines) is 1. The van der Waals surface area contributed by atoms with Gasteiger partial charge < -0.3 is 20.1 Å². The molecule has 0 spiro atoms. The number of piperidine rings is 1. The van der Waals surface area contributed by atoms with Gasteiger partial charge in [0.25, 0.3) is 0 Å². The standard InChI is InChI=1S/C13H17N3O4/c1-20-11-6-5-9(8-14-11)15-13(19)16-7-3-2-4-10(16)12(17)18/h5-6,8,10H,2-4,7H2,1H3,(H,15,19)(H,17,18). The van der Waals surface area contributed by atoms with Gasteiger partial charge in [0.05, 0.1) is 19.0 Å². The lowest BCUT2D eigenvalue weighted by Crippen LogP contribution is -2.49. The lowest BCUT2D eigenvalue weighted by Gasteiger charge is -2.32. The number of anilines is 1. The molecule has 1 aromatic heterocycles. The Labute approximate surface area is 116 Å². The predicted molar refractivity (Wildman–Crippen MR) is 71.8 cm³/mol. The number of carbonyl (C=O) groups is 2. The third-order valence-corrected chi connectivity index (χ3v) is 3.25. The smallest absolute Gasteiger partial charge is 0.326 e. The minimum atomic E-state index is -0.965. The van der Waals surface area contributed by atoms with Crippen LogP contribution in [0.25, 0.3) is 0 Å². The van der Waals surface area contributed by atoms with Crippen molar-refractivity contribution >= 4 is 17.7 Å². The Morgan fingerprint density at radius 3 is 2.85 bits per heavy atom. The first-order valence-electron chi connectivity index (χ1n) is 6.42. The minimum Gasteiger partial charge on any atom is -0.481 e. The molecule has 0 aliphatic carbocycles. The van der Waals surface area contributed by atoms with Crippen LogP contribution in [0.3, 0.4) is 0 Å². The van der Waals surface area contributed by atoms with E-state index in [1.54, 1.807) is 12.1 Å². The van der Waals surface area contributed by atoms with Crippen LogP contribution in [0.2, 0.25) is 0 Å². The Kier molecular flexibility index (Phi) is 4.39. The average Bonchev–Trinajstić information content (AvgIpc) is 2.48. The van der Waals surface area contributed by atoms with Gasteiger partial charge in [-0.3, -0.25) is 0 Å². The second kappa shape index (κ2) is 6.23. The molecule has 7 nitrogen and oxygen atoms in total. The summed E-state index contributed by atoms with van der Waals surface area (Å²) >= 11 is 0. The topological polar surface area (TPSA) is 91.8 Å². The maximum Gasteiger partial charge on any atom is 0.326 e. The zero-order valence-corrected chi connectivity index (χ0v) is 11.2. The summed E-state index contributed by atoms with van der Waals surface area (Å²) in [5.74, 6) is -0.517. The molecule has 0 bridgehead atoms. The van der Waals surface area contributed by atoms with E-state index in [0.717, 1.165) is 12.8 Å². The van der Waals surface area contributed by atoms with Crippen molar-refractivity contribution in [1.82, 2.24) is 9.88 Å². The van der Waals surface area contributed by atoms with Crippen molar-refractivity contribution in [3.05, 3.63) is 18.3 Å². The van der Waals surface area contributed by atoms with E-state index in [0.29, 0.717) is 24.5 Å². The highest BCUT2D eigenvalue weighted by Gasteiger charge is 2.31. The molecule has 2 heterocycles. The largest absolute Gasteiger partial charge is 0.481 e. The van der Waals surface area contributed by atoms with Gasteiger partial charge in [-0.25, -0.2) is 14.6 Å². The van der Waals surface area contributed by atoms with Crippen LogP contribution < -0.4 is 10.1 Å². The Morgan fingerprint density at radius 2 is 2.25 bits per heavy atom. The molecule has 0 saturated carbocycles. The van der Waals surface area contributed by atoms with Crippen molar-refractivity contribution in [2.24, 2.45) is 0 Å². The summed E-state index contributed by atoms with van der Waals surface area (Å²) in [5, 5.41) is 11.8. The maximum atomic E-state index is 12.1. The number of rotatable bonds is 3. The molecule has 1 atom stereocenters. The summed E-state index contributed by atoms with van der Waals surface area (Å²) in [4.78, 5) is 28.6. The number of aromatic nitrogens is 1. The van der Waals surface area contributed by atoms with E-state index < -0.39 is 18.0 Å². The number of nitrogens with one attached hydrogen (secondary N) is 1. The van der Waals surface area contributed by atoms with Gasteiger partial charge in [0.2, 0.25) is 5.88 Å². The van der Waals surface area contributed by atoms with Gasteiger partial charge in [-0.2, -0.15) is 0 Å². The summed E-state index contributed by atoms with van der Waals surface area (Å²) < 4.78 is 4.93. The van der Waals surface area contributed by atoms with Crippen molar-refractivity contribution in [3.8, 4) is 5.88 Å². The predicted octanol–water partition coefficient (Wildman–Crippen LogP) is 1.56. The summed E-state index contributed by atoms with van der Waals surface area (Å²) in [5.41, 5.74) is 0.505. The highest BCUT2D eigenvalue weighted by atomic mass is 16.5. The van der Waals surface area contributed by atoms with E-state index in [1.165, 1.54) is 18.2 Å². The molecule has 2 rings (SSSR count). The van der Waals surface area contributed by atoms with Gasteiger partial charge in [-0.05, 0) is 25.3 Å². The van der Waals surface area contributed by atoms with E-state index in [4.69, 9.17) is 9.84 Å². The number of aliphatic carboxylic acids is 1. The molecule has 1 saturated heterocycles. The maximum absolute atomic E-state index is 12.1. The summed E-state index contributed by atoms with van der Waals surface area (Å²) in [6, 6.07) is 2.11. The zero-order chi connectivity index (χ0) is 14.5. The van der Waals surface area contributed by atoms with Crippen LogP contribution >= 0.6 is 0 Å². The molecule has 20 heavy (non-hydrogen) atoms. The van der Waals surface area contributed by atoms with Gasteiger partial charge >= 0.3 is 12.0 Å². The van der Waals surface area contributed by atoms with Gasteiger partial charge in [0.1, 0.15) is 6.04 Å². The van der Waals surface area contributed by atoms with Gasteiger partial charge in [0.15, 0.2) is 0 Å². The zero-order valence-electron chi connectivity index (χ0n) is 11.2. The number of hydrogen-bond acceptors (Lipinski definition) is 4. The number of carbonyl (C=O) groups excluding carboxylic acids is 1.